The zero-order valence-corrected chi connectivity index (χ0v) is 12.7. The minimum Gasteiger partial charge on any atom is -0.397 e. The predicted octanol–water partition coefficient (Wildman–Crippen LogP) is 3.79. The van der Waals surface area contributed by atoms with Gasteiger partial charge >= 0.3 is 6.03 Å². The van der Waals surface area contributed by atoms with Gasteiger partial charge in [0.1, 0.15) is 0 Å². The van der Waals surface area contributed by atoms with Crippen LogP contribution in [0.1, 0.15) is 37.7 Å². The molecular formula is C14H20BrN3O. The Balaban J connectivity index is 1.98. The molecule has 4 N–H and O–H groups in total. The number of halogens is 1. The lowest BCUT2D eigenvalue weighted by molar-refractivity contribution is 0.244. The van der Waals surface area contributed by atoms with Crippen LogP contribution in [0.2, 0.25) is 0 Å². The molecule has 5 heteroatoms. The minimum absolute atomic E-state index is 0.178. The quantitative estimate of drug-likeness (QED) is 0.724. The zero-order valence-electron chi connectivity index (χ0n) is 11.1. The highest BCUT2D eigenvalue weighted by Crippen LogP contribution is 2.30. The molecule has 104 valence electrons. The average molecular weight is 326 g/mol. The highest BCUT2D eigenvalue weighted by molar-refractivity contribution is 9.10. The summed E-state index contributed by atoms with van der Waals surface area (Å²) in [6.45, 7) is 1.97. The Morgan fingerprint density at radius 2 is 2.00 bits per heavy atom. The van der Waals surface area contributed by atoms with E-state index in [9.17, 15) is 4.79 Å². The monoisotopic (exact) mass is 325 g/mol. The Bertz CT molecular complexity index is 447. The van der Waals surface area contributed by atoms with Gasteiger partial charge in [0.15, 0.2) is 0 Å². The summed E-state index contributed by atoms with van der Waals surface area (Å²) in [6.07, 6.45) is 5.80. The van der Waals surface area contributed by atoms with E-state index in [0.29, 0.717) is 17.4 Å². The third-order valence-corrected chi connectivity index (χ3v) is 4.07. The second-order valence-corrected chi connectivity index (χ2v) is 6.00. The summed E-state index contributed by atoms with van der Waals surface area (Å²) >= 11 is 3.43. The number of nitrogen functional groups attached to an aromatic ring is 1. The molecule has 1 fully saturated rings. The van der Waals surface area contributed by atoms with E-state index in [-0.39, 0.29) is 6.03 Å². The summed E-state index contributed by atoms with van der Waals surface area (Å²) in [6, 6.07) is 3.90. The Labute approximate surface area is 122 Å². The Morgan fingerprint density at radius 1 is 1.32 bits per heavy atom. The van der Waals surface area contributed by atoms with Crippen LogP contribution in [0.25, 0.3) is 0 Å². The first-order chi connectivity index (χ1) is 9.06. The van der Waals surface area contributed by atoms with E-state index < -0.39 is 0 Å². The van der Waals surface area contributed by atoms with Crippen LogP contribution in [-0.4, -0.2) is 12.1 Å². The van der Waals surface area contributed by atoms with E-state index in [1.165, 1.54) is 19.3 Å². The van der Waals surface area contributed by atoms with Gasteiger partial charge in [-0.25, -0.2) is 4.79 Å². The summed E-state index contributed by atoms with van der Waals surface area (Å²) in [5.41, 5.74) is 8.20. The molecule has 4 nitrogen and oxygen atoms in total. The maximum absolute atomic E-state index is 12.0. The Hall–Kier alpha value is -1.23. The molecule has 2 rings (SSSR count). The first kappa shape index (κ1) is 14.2. The zero-order chi connectivity index (χ0) is 13.8. The molecule has 1 aromatic rings. The molecule has 0 heterocycles. The van der Waals surface area contributed by atoms with Gasteiger partial charge in [0.05, 0.1) is 11.4 Å². The summed E-state index contributed by atoms with van der Waals surface area (Å²) in [7, 11) is 0. The number of carbonyl (C=O) groups is 1. The molecule has 0 radical (unpaired) electrons. The van der Waals surface area contributed by atoms with Crippen molar-refractivity contribution in [1.29, 1.82) is 0 Å². The molecule has 0 spiro atoms. The van der Waals surface area contributed by atoms with Crippen molar-refractivity contribution >= 4 is 33.3 Å². The molecule has 0 aromatic heterocycles. The van der Waals surface area contributed by atoms with Gasteiger partial charge < -0.3 is 16.4 Å². The lowest BCUT2D eigenvalue weighted by Crippen LogP contribution is -2.39. The molecule has 19 heavy (non-hydrogen) atoms. The third kappa shape index (κ3) is 3.86. The molecule has 0 bridgehead atoms. The summed E-state index contributed by atoms with van der Waals surface area (Å²) in [4.78, 5) is 12.0. The third-order valence-electron chi connectivity index (χ3n) is 3.44. The van der Waals surface area contributed by atoms with E-state index in [4.69, 9.17) is 5.73 Å². The van der Waals surface area contributed by atoms with Gasteiger partial charge in [0, 0.05) is 10.5 Å². The molecule has 1 aromatic carbocycles. The molecule has 0 saturated heterocycles. The van der Waals surface area contributed by atoms with E-state index in [0.717, 1.165) is 22.9 Å². The predicted molar refractivity (Wildman–Crippen MR) is 82.3 cm³/mol. The number of anilines is 2. The SMILES string of the molecule is Cc1cc(N)c(NC(=O)NC2CCCCC2)c(Br)c1. The van der Waals surface area contributed by atoms with Crippen LogP contribution in [0.4, 0.5) is 16.2 Å². The second-order valence-electron chi connectivity index (χ2n) is 5.14. The minimum atomic E-state index is -0.178. The van der Waals surface area contributed by atoms with Gasteiger partial charge in [0.2, 0.25) is 0 Å². The maximum atomic E-state index is 12.0. The molecule has 0 atom stereocenters. The van der Waals surface area contributed by atoms with Crippen molar-refractivity contribution in [2.75, 3.05) is 11.1 Å². The number of rotatable bonds is 2. The van der Waals surface area contributed by atoms with Crippen LogP contribution in [0.15, 0.2) is 16.6 Å². The van der Waals surface area contributed by atoms with E-state index >= 15 is 0 Å². The second kappa shape index (κ2) is 6.28. The Morgan fingerprint density at radius 3 is 2.63 bits per heavy atom. The van der Waals surface area contributed by atoms with E-state index in [1.807, 2.05) is 19.1 Å². The van der Waals surface area contributed by atoms with Crippen LogP contribution in [0.5, 0.6) is 0 Å². The standard InChI is InChI=1S/C14H20BrN3O/c1-9-7-11(15)13(12(16)8-9)18-14(19)17-10-5-3-2-4-6-10/h7-8,10H,2-6,16H2,1H3,(H2,17,18,19). The number of benzene rings is 1. The molecular weight excluding hydrogens is 306 g/mol. The lowest BCUT2D eigenvalue weighted by atomic mass is 9.96. The molecule has 1 aliphatic rings. The van der Waals surface area contributed by atoms with Crippen molar-refractivity contribution < 1.29 is 4.79 Å². The summed E-state index contributed by atoms with van der Waals surface area (Å²) < 4.78 is 0.809. The van der Waals surface area contributed by atoms with E-state index in [1.54, 1.807) is 0 Å². The van der Waals surface area contributed by atoms with Crippen molar-refractivity contribution in [2.45, 2.75) is 45.1 Å². The number of aryl methyl sites for hydroxylation is 1. The van der Waals surface area contributed by atoms with Gasteiger partial charge in [-0.3, -0.25) is 0 Å². The molecule has 2 amide bonds. The molecule has 0 aliphatic heterocycles. The van der Waals surface area contributed by atoms with Crippen molar-refractivity contribution in [3.8, 4) is 0 Å². The fourth-order valence-corrected chi connectivity index (χ4v) is 3.17. The van der Waals surface area contributed by atoms with Gasteiger partial charge in [-0.05, 0) is 53.4 Å². The van der Waals surface area contributed by atoms with Gasteiger partial charge in [-0.15, -0.1) is 0 Å². The number of nitrogens with one attached hydrogen (secondary N) is 2. The van der Waals surface area contributed by atoms with Crippen molar-refractivity contribution in [2.24, 2.45) is 0 Å². The number of carbonyl (C=O) groups excluding carboxylic acids is 1. The normalized spacial score (nSPS) is 16.1. The van der Waals surface area contributed by atoms with Crippen LogP contribution in [0, 0.1) is 6.92 Å². The fraction of sp³-hybridized carbons (Fsp3) is 0.500. The molecule has 0 unspecified atom stereocenters. The molecule has 1 aliphatic carbocycles. The van der Waals surface area contributed by atoms with E-state index in [2.05, 4.69) is 26.6 Å². The van der Waals surface area contributed by atoms with Crippen molar-refractivity contribution in [3.63, 3.8) is 0 Å². The van der Waals surface area contributed by atoms with Crippen molar-refractivity contribution in [3.05, 3.63) is 22.2 Å². The van der Waals surface area contributed by atoms with Gasteiger partial charge in [-0.1, -0.05) is 19.3 Å². The lowest BCUT2D eigenvalue weighted by Gasteiger charge is -2.23. The largest absolute Gasteiger partial charge is 0.397 e. The highest BCUT2D eigenvalue weighted by atomic mass is 79.9. The van der Waals surface area contributed by atoms with Crippen molar-refractivity contribution in [1.82, 2.24) is 5.32 Å². The fourth-order valence-electron chi connectivity index (χ4n) is 2.48. The van der Waals surface area contributed by atoms with Crippen LogP contribution >= 0.6 is 15.9 Å². The summed E-state index contributed by atoms with van der Waals surface area (Å²) in [5.74, 6) is 0. The number of amides is 2. The van der Waals surface area contributed by atoms with Gasteiger partial charge in [0.25, 0.3) is 0 Å². The van der Waals surface area contributed by atoms with Gasteiger partial charge in [-0.2, -0.15) is 0 Å². The summed E-state index contributed by atoms with van der Waals surface area (Å²) in [5, 5.41) is 5.84. The number of urea groups is 1. The number of hydrogen-bond donors (Lipinski definition) is 3. The van der Waals surface area contributed by atoms with Crippen LogP contribution < -0.4 is 16.4 Å². The number of nitrogens with two attached hydrogens (primary N) is 1. The van der Waals surface area contributed by atoms with Crippen LogP contribution in [0.3, 0.4) is 0 Å². The first-order valence-corrected chi connectivity index (χ1v) is 7.48. The Kier molecular flexibility index (Phi) is 4.69. The maximum Gasteiger partial charge on any atom is 0.319 e. The molecule has 1 saturated carbocycles. The smallest absolute Gasteiger partial charge is 0.319 e. The number of hydrogen-bond acceptors (Lipinski definition) is 2. The highest BCUT2D eigenvalue weighted by Gasteiger charge is 2.16. The topological polar surface area (TPSA) is 67.1 Å². The van der Waals surface area contributed by atoms with Crippen LogP contribution in [-0.2, 0) is 0 Å². The average Bonchev–Trinajstić information content (AvgIpc) is 2.35. The first-order valence-electron chi connectivity index (χ1n) is 6.69.